The van der Waals surface area contributed by atoms with Crippen molar-refractivity contribution in [3.63, 3.8) is 0 Å². The van der Waals surface area contributed by atoms with Crippen molar-refractivity contribution >= 4 is 11.6 Å². The molecule has 0 amide bonds. The second kappa shape index (κ2) is 4.90. The number of hydrogen-bond donors (Lipinski definition) is 1. The Balaban J connectivity index is 2.32. The molecule has 1 aromatic heterocycles. The summed E-state index contributed by atoms with van der Waals surface area (Å²) in [4.78, 5) is 25.0. The number of hydrogen-bond acceptors (Lipinski definition) is 3. The molecule has 3 atom stereocenters. The van der Waals surface area contributed by atoms with Crippen LogP contribution in [-0.4, -0.2) is 21.0 Å². The minimum absolute atomic E-state index is 0.267. The first-order valence-corrected chi connectivity index (χ1v) is 6.61. The highest BCUT2D eigenvalue weighted by Crippen LogP contribution is 2.43. The molecule has 0 radical (unpaired) electrons. The molecule has 1 aliphatic rings. The van der Waals surface area contributed by atoms with Gasteiger partial charge in [0.15, 0.2) is 0 Å². The molecule has 2 heterocycles. The second-order valence-electron chi connectivity index (χ2n) is 4.78. The summed E-state index contributed by atoms with van der Waals surface area (Å²) in [6.45, 7) is 4.10. The van der Waals surface area contributed by atoms with Gasteiger partial charge in [-0.25, -0.2) is 4.79 Å². The Morgan fingerprint density at radius 2 is 2.33 bits per heavy atom. The van der Waals surface area contributed by atoms with Crippen LogP contribution in [-0.2, 0) is 4.74 Å². The molecule has 1 fully saturated rings. The SMILES string of the molecule is CC[C@@]1(CCl)O[C@@H](n2ccc(=O)[nH]c2=O)C[C@@H]1C. The zero-order valence-corrected chi connectivity index (χ0v) is 11.2. The summed E-state index contributed by atoms with van der Waals surface area (Å²) in [7, 11) is 0. The van der Waals surface area contributed by atoms with Crippen LogP contribution in [0.5, 0.6) is 0 Å². The molecule has 1 N–H and O–H groups in total. The van der Waals surface area contributed by atoms with Gasteiger partial charge >= 0.3 is 5.69 Å². The molecule has 0 aliphatic carbocycles. The Morgan fingerprint density at radius 1 is 1.61 bits per heavy atom. The Hall–Kier alpha value is -1.07. The maximum atomic E-state index is 11.7. The van der Waals surface area contributed by atoms with E-state index in [0.29, 0.717) is 12.3 Å². The van der Waals surface area contributed by atoms with Crippen LogP contribution in [0.15, 0.2) is 21.9 Å². The molecule has 0 unspecified atom stereocenters. The first kappa shape index (κ1) is 13.4. The molecule has 0 spiro atoms. The third-order valence-corrected chi connectivity index (χ3v) is 4.26. The Morgan fingerprint density at radius 3 is 2.83 bits per heavy atom. The third kappa shape index (κ3) is 2.12. The quantitative estimate of drug-likeness (QED) is 0.848. The fraction of sp³-hybridized carbons (Fsp3) is 0.667. The topological polar surface area (TPSA) is 64.1 Å². The lowest BCUT2D eigenvalue weighted by Crippen LogP contribution is -2.37. The number of aromatic amines is 1. The van der Waals surface area contributed by atoms with E-state index in [1.807, 2.05) is 6.92 Å². The molecule has 2 rings (SSSR count). The van der Waals surface area contributed by atoms with Crippen molar-refractivity contribution in [2.45, 2.75) is 38.5 Å². The maximum absolute atomic E-state index is 11.7. The van der Waals surface area contributed by atoms with Crippen molar-refractivity contribution in [2.24, 2.45) is 5.92 Å². The number of nitrogens with zero attached hydrogens (tertiary/aromatic N) is 1. The van der Waals surface area contributed by atoms with Gasteiger partial charge < -0.3 is 4.74 Å². The average molecular weight is 273 g/mol. The van der Waals surface area contributed by atoms with E-state index in [9.17, 15) is 9.59 Å². The summed E-state index contributed by atoms with van der Waals surface area (Å²) in [5.41, 5.74) is -1.23. The van der Waals surface area contributed by atoms with E-state index in [-0.39, 0.29) is 17.7 Å². The highest BCUT2D eigenvalue weighted by Gasteiger charge is 2.45. The van der Waals surface area contributed by atoms with Gasteiger partial charge in [0.05, 0.1) is 11.5 Å². The zero-order chi connectivity index (χ0) is 13.3. The number of ether oxygens (including phenoxy) is 1. The van der Waals surface area contributed by atoms with Gasteiger partial charge in [0, 0.05) is 12.3 Å². The average Bonchev–Trinajstić information content (AvgIpc) is 2.67. The lowest BCUT2D eigenvalue weighted by molar-refractivity contribution is -0.0726. The van der Waals surface area contributed by atoms with E-state index in [1.54, 1.807) is 0 Å². The van der Waals surface area contributed by atoms with Gasteiger partial charge in [0.1, 0.15) is 6.23 Å². The van der Waals surface area contributed by atoms with Crippen LogP contribution >= 0.6 is 11.6 Å². The van der Waals surface area contributed by atoms with Crippen LogP contribution in [0.1, 0.15) is 32.9 Å². The lowest BCUT2D eigenvalue weighted by Gasteiger charge is -2.29. The van der Waals surface area contributed by atoms with Crippen molar-refractivity contribution in [3.8, 4) is 0 Å². The van der Waals surface area contributed by atoms with E-state index in [1.165, 1.54) is 16.8 Å². The summed E-state index contributed by atoms with van der Waals surface area (Å²) < 4.78 is 7.39. The van der Waals surface area contributed by atoms with Gasteiger partial charge in [-0.2, -0.15) is 0 Å². The van der Waals surface area contributed by atoms with Crippen LogP contribution < -0.4 is 11.2 Å². The number of nitrogens with one attached hydrogen (secondary N) is 1. The molecular weight excluding hydrogens is 256 g/mol. The predicted molar refractivity (Wildman–Crippen MR) is 69.0 cm³/mol. The number of alkyl halides is 1. The number of H-pyrrole nitrogens is 1. The normalized spacial score (nSPS) is 31.7. The molecule has 18 heavy (non-hydrogen) atoms. The van der Waals surface area contributed by atoms with Gasteiger partial charge in [-0.15, -0.1) is 11.6 Å². The second-order valence-corrected chi connectivity index (χ2v) is 5.05. The molecule has 100 valence electrons. The summed E-state index contributed by atoms with van der Waals surface area (Å²) >= 11 is 6.01. The summed E-state index contributed by atoms with van der Waals surface area (Å²) in [5, 5.41) is 0. The van der Waals surface area contributed by atoms with E-state index in [0.717, 1.165) is 6.42 Å². The molecule has 1 aliphatic heterocycles. The Bertz CT molecular complexity index is 533. The molecule has 5 nitrogen and oxygen atoms in total. The monoisotopic (exact) mass is 272 g/mol. The van der Waals surface area contributed by atoms with E-state index < -0.39 is 11.2 Å². The van der Waals surface area contributed by atoms with Crippen molar-refractivity contribution < 1.29 is 4.74 Å². The van der Waals surface area contributed by atoms with Gasteiger partial charge in [0.25, 0.3) is 5.56 Å². The van der Waals surface area contributed by atoms with Crippen LogP contribution in [0.4, 0.5) is 0 Å². The van der Waals surface area contributed by atoms with Gasteiger partial charge in [-0.1, -0.05) is 13.8 Å². The van der Waals surface area contributed by atoms with Gasteiger partial charge in [0.2, 0.25) is 0 Å². The Labute approximate surface area is 110 Å². The Kier molecular flexibility index (Phi) is 3.64. The summed E-state index contributed by atoms with van der Waals surface area (Å²) in [6.07, 6.45) is 2.63. The van der Waals surface area contributed by atoms with E-state index >= 15 is 0 Å². The smallest absolute Gasteiger partial charge is 0.330 e. The van der Waals surface area contributed by atoms with Crippen molar-refractivity contribution in [3.05, 3.63) is 33.1 Å². The fourth-order valence-electron chi connectivity index (χ4n) is 2.47. The van der Waals surface area contributed by atoms with Crippen molar-refractivity contribution in [2.75, 3.05) is 5.88 Å². The minimum Gasteiger partial charge on any atom is -0.350 e. The molecular formula is C12H17ClN2O3. The maximum Gasteiger partial charge on any atom is 0.330 e. The van der Waals surface area contributed by atoms with Crippen LogP contribution in [0.25, 0.3) is 0 Å². The molecule has 1 saturated heterocycles. The first-order valence-electron chi connectivity index (χ1n) is 6.07. The standard InChI is InChI=1S/C12H17ClN2O3/c1-3-12(7-13)8(2)6-10(18-12)15-5-4-9(16)14-11(15)17/h4-5,8,10H,3,6-7H2,1-2H3,(H,14,16,17)/t8-,10+,12-/m0/s1. The van der Waals surface area contributed by atoms with Crippen LogP contribution in [0, 0.1) is 5.92 Å². The van der Waals surface area contributed by atoms with E-state index in [4.69, 9.17) is 16.3 Å². The molecule has 0 aromatic carbocycles. The van der Waals surface area contributed by atoms with Gasteiger partial charge in [-0.05, 0) is 18.8 Å². The third-order valence-electron chi connectivity index (χ3n) is 3.81. The van der Waals surface area contributed by atoms with E-state index in [2.05, 4.69) is 11.9 Å². The first-order chi connectivity index (χ1) is 8.52. The zero-order valence-electron chi connectivity index (χ0n) is 10.5. The number of halogens is 1. The van der Waals surface area contributed by atoms with Crippen LogP contribution in [0.2, 0.25) is 0 Å². The van der Waals surface area contributed by atoms with Crippen LogP contribution in [0.3, 0.4) is 0 Å². The molecule has 0 saturated carbocycles. The number of aromatic nitrogens is 2. The minimum atomic E-state index is -0.443. The summed E-state index contributed by atoms with van der Waals surface area (Å²) in [6, 6.07) is 1.32. The van der Waals surface area contributed by atoms with Crippen molar-refractivity contribution in [1.82, 2.24) is 9.55 Å². The predicted octanol–water partition coefficient (Wildman–Crippen LogP) is 1.48. The lowest BCUT2D eigenvalue weighted by atomic mass is 9.88. The highest BCUT2D eigenvalue weighted by molar-refractivity contribution is 6.18. The number of rotatable bonds is 3. The fourth-order valence-corrected chi connectivity index (χ4v) is 2.98. The highest BCUT2D eigenvalue weighted by atomic mass is 35.5. The van der Waals surface area contributed by atoms with Crippen molar-refractivity contribution in [1.29, 1.82) is 0 Å². The largest absolute Gasteiger partial charge is 0.350 e. The molecule has 6 heteroatoms. The summed E-state index contributed by atoms with van der Waals surface area (Å²) in [5.74, 6) is 0.669. The molecule has 0 bridgehead atoms. The van der Waals surface area contributed by atoms with Gasteiger partial charge in [-0.3, -0.25) is 14.3 Å². The molecule has 1 aromatic rings.